The van der Waals surface area contributed by atoms with Crippen LogP contribution in [0.1, 0.15) is 23.8 Å². The average molecular weight is 203 g/mol. The van der Waals surface area contributed by atoms with Crippen molar-refractivity contribution < 1.29 is 9.90 Å². The molecular formula is C8H11ClN2O2. The van der Waals surface area contributed by atoms with Crippen LogP contribution >= 0.6 is 11.6 Å². The quantitative estimate of drug-likeness (QED) is 0.754. The first-order chi connectivity index (χ1) is 6.09. The second-order valence-electron chi connectivity index (χ2n) is 2.85. The number of carbonyl (C=O) groups is 1. The van der Waals surface area contributed by atoms with Crippen molar-refractivity contribution in [3.8, 4) is 0 Å². The van der Waals surface area contributed by atoms with E-state index in [4.69, 9.17) is 16.7 Å². The van der Waals surface area contributed by atoms with E-state index in [2.05, 4.69) is 5.10 Å². The average Bonchev–Trinajstić information content (AvgIpc) is 2.47. The Kier molecular flexibility index (Phi) is 3.31. The molecule has 0 aliphatic rings. The maximum atomic E-state index is 10.3. The molecule has 0 amide bonds. The number of aliphatic carboxylic acids is 1. The highest BCUT2D eigenvalue weighted by Gasteiger charge is 2.11. The van der Waals surface area contributed by atoms with Crippen LogP contribution in [0.15, 0.2) is 12.4 Å². The molecule has 0 aliphatic carbocycles. The number of hydrogen-bond donors (Lipinski definition) is 1. The molecule has 1 aromatic heterocycles. The second kappa shape index (κ2) is 4.28. The Morgan fingerprint density at radius 1 is 1.85 bits per heavy atom. The van der Waals surface area contributed by atoms with E-state index in [0.717, 1.165) is 5.56 Å². The second-order valence-corrected chi connectivity index (χ2v) is 3.37. The summed E-state index contributed by atoms with van der Waals surface area (Å²) in [4.78, 5) is 10.3. The van der Waals surface area contributed by atoms with Gasteiger partial charge in [0, 0.05) is 25.2 Å². The molecule has 4 nitrogen and oxygen atoms in total. The van der Waals surface area contributed by atoms with Gasteiger partial charge >= 0.3 is 5.97 Å². The van der Waals surface area contributed by atoms with Gasteiger partial charge in [0.15, 0.2) is 0 Å². The predicted octanol–water partition coefficient (Wildman–Crippen LogP) is 1.56. The summed E-state index contributed by atoms with van der Waals surface area (Å²) in [6, 6.07) is 0. The van der Waals surface area contributed by atoms with Gasteiger partial charge in [-0.05, 0) is 6.42 Å². The molecular weight excluding hydrogens is 192 g/mol. The lowest BCUT2D eigenvalue weighted by molar-refractivity contribution is -0.137. The molecule has 0 spiro atoms. The van der Waals surface area contributed by atoms with E-state index in [0.29, 0.717) is 6.42 Å². The van der Waals surface area contributed by atoms with Crippen molar-refractivity contribution in [3.05, 3.63) is 18.0 Å². The minimum atomic E-state index is -0.824. The normalized spacial score (nSPS) is 12.8. The molecule has 13 heavy (non-hydrogen) atoms. The predicted molar refractivity (Wildman–Crippen MR) is 48.7 cm³/mol. The summed E-state index contributed by atoms with van der Waals surface area (Å²) in [6.07, 6.45) is 3.96. The van der Waals surface area contributed by atoms with Gasteiger partial charge in [0.05, 0.1) is 11.6 Å². The highest BCUT2D eigenvalue weighted by atomic mass is 35.5. The number of carboxylic acid groups (broad SMARTS) is 1. The van der Waals surface area contributed by atoms with E-state index in [-0.39, 0.29) is 11.8 Å². The van der Waals surface area contributed by atoms with Gasteiger partial charge in [0.2, 0.25) is 0 Å². The largest absolute Gasteiger partial charge is 0.481 e. The molecule has 1 heterocycles. The highest BCUT2D eigenvalue weighted by molar-refractivity contribution is 6.20. The molecule has 72 valence electrons. The molecule has 0 saturated heterocycles. The number of aryl methyl sites for hydroxylation is 1. The smallest absolute Gasteiger partial charge is 0.303 e. The zero-order valence-electron chi connectivity index (χ0n) is 7.27. The van der Waals surface area contributed by atoms with E-state index >= 15 is 0 Å². The van der Waals surface area contributed by atoms with Gasteiger partial charge in [-0.2, -0.15) is 5.10 Å². The summed E-state index contributed by atoms with van der Waals surface area (Å²) < 4.78 is 1.64. The van der Waals surface area contributed by atoms with Gasteiger partial charge in [0.1, 0.15) is 0 Å². The Labute approximate surface area is 81.1 Å². The van der Waals surface area contributed by atoms with Crippen molar-refractivity contribution in [3.63, 3.8) is 0 Å². The molecule has 1 rings (SSSR count). The summed E-state index contributed by atoms with van der Waals surface area (Å²) in [7, 11) is 1.80. The Morgan fingerprint density at radius 3 is 3.00 bits per heavy atom. The van der Waals surface area contributed by atoms with Crippen molar-refractivity contribution in [1.29, 1.82) is 0 Å². The molecule has 0 radical (unpaired) electrons. The minimum Gasteiger partial charge on any atom is -0.481 e. The molecule has 0 saturated carbocycles. The Hall–Kier alpha value is -1.03. The van der Waals surface area contributed by atoms with E-state index < -0.39 is 5.97 Å². The van der Waals surface area contributed by atoms with Crippen molar-refractivity contribution in [2.75, 3.05) is 0 Å². The first kappa shape index (κ1) is 10.1. The minimum absolute atomic E-state index is 0.0864. The number of aromatic nitrogens is 2. The third kappa shape index (κ3) is 3.06. The Morgan fingerprint density at radius 2 is 2.54 bits per heavy atom. The summed E-state index contributed by atoms with van der Waals surface area (Å²) in [5.41, 5.74) is 0.866. The van der Waals surface area contributed by atoms with Gasteiger partial charge in [0.25, 0.3) is 0 Å². The van der Waals surface area contributed by atoms with Gasteiger partial charge in [-0.1, -0.05) is 0 Å². The lowest BCUT2D eigenvalue weighted by Crippen LogP contribution is -1.97. The molecule has 0 fully saturated rings. The summed E-state index contributed by atoms with van der Waals surface area (Å²) in [5.74, 6) is -0.824. The Balaban J connectivity index is 2.48. The van der Waals surface area contributed by atoms with Crippen molar-refractivity contribution in [2.24, 2.45) is 7.05 Å². The van der Waals surface area contributed by atoms with Gasteiger partial charge < -0.3 is 5.11 Å². The number of carboxylic acids is 1. The number of alkyl halides is 1. The van der Waals surface area contributed by atoms with Crippen molar-refractivity contribution in [1.82, 2.24) is 9.78 Å². The lowest BCUT2D eigenvalue weighted by Gasteiger charge is -2.03. The van der Waals surface area contributed by atoms with E-state index in [1.807, 2.05) is 0 Å². The summed E-state index contributed by atoms with van der Waals surface area (Å²) >= 11 is 5.95. The highest BCUT2D eigenvalue weighted by Crippen LogP contribution is 2.24. The SMILES string of the molecule is Cn1cc(C(Cl)CCC(=O)O)cn1. The number of rotatable bonds is 4. The van der Waals surface area contributed by atoms with Crippen LogP contribution in [0.25, 0.3) is 0 Å². The molecule has 0 aromatic carbocycles. The van der Waals surface area contributed by atoms with E-state index in [1.165, 1.54) is 0 Å². The van der Waals surface area contributed by atoms with Crippen LogP contribution in [-0.2, 0) is 11.8 Å². The summed E-state index contributed by atoms with van der Waals surface area (Å²) in [6.45, 7) is 0. The number of nitrogens with zero attached hydrogens (tertiary/aromatic N) is 2. The molecule has 1 N–H and O–H groups in total. The monoisotopic (exact) mass is 202 g/mol. The maximum absolute atomic E-state index is 10.3. The number of halogens is 1. The standard InChI is InChI=1S/C8H11ClN2O2/c1-11-5-6(4-10-11)7(9)2-3-8(12)13/h4-5,7H,2-3H2,1H3,(H,12,13). The third-order valence-electron chi connectivity index (χ3n) is 1.70. The lowest BCUT2D eigenvalue weighted by atomic mass is 10.1. The fourth-order valence-corrected chi connectivity index (χ4v) is 1.24. The van der Waals surface area contributed by atoms with Crippen LogP contribution in [0.4, 0.5) is 0 Å². The van der Waals surface area contributed by atoms with Crippen molar-refractivity contribution in [2.45, 2.75) is 18.2 Å². The Bertz CT molecular complexity index is 298. The van der Waals surface area contributed by atoms with Crippen LogP contribution in [0.2, 0.25) is 0 Å². The first-order valence-electron chi connectivity index (χ1n) is 3.94. The summed E-state index contributed by atoms with van der Waals surface area (Å²) in [5, 5.41) is 12.1. The number of hydrogen-bond acceptors (Lipinski definition) is 2. The van der Waals surface area contributed by atoms with Crippen molar-refractivity contribution >= 4 is 17.6 Å². The van der Waals surface area contributed by atoms with Crippen LogP contribution in [0.3, 0.4) is 0 Å². The molecule has 0 aliphatic heterocycles. The van der Waals surface area contributed by atoms with E-state index in [1.54, 1.807) is 24.1 Å². The van der Waals surface area contributed by atoms with Gasteiger partial charge in [-0.3, -0.25) is 9.48 Å². The fourth-order valence-electron chi connectivity index (χ4n) is 1.02. The van der Waals surface area contributed by atoms with Gasteiger partial charge in [-0.15, -0.1) is 11.6 Å². The molecule has 5 heteroatoms. The van der Waals surface area contributed by atoms with E-state index in [9.17, 15) is 4.79 Å². The van der Waals surface area contributed by atoms with Gasteiger partial charge in [-0.25, -0.2) is 0 Å². The van der Waals surface area contributed by atoms with Crippen LogP contribution < -0.4 is 0 Å². The zero-order chi connectivity index (χ0) is 9.84. The maximum Gasteiger partial charge on any atom is 0.303 e. The fraction of sp³-hybridized carbons (Fsp3) is 0.500. The molecule has 1 atom stereocenters. The third-order valence-corrected chi connectivity index (χ3v) is 2.17. The van der Waals surface area contributed by atoms with Crippen LogP contribution in [0.5, 0.6) is 0 Å². The van der Waals surface area contributed by atoms with Crippen LogP contribution in [-0.4, -0.2) is 20.9 Å². The van der Waals surface area contributed by atoms with Crippen LogP contribution in [0, 0.1) is 0 Å². The molecule has 1 unspecified atom stereocenters. The first-order valence-corrected chi connectivity index (χ1v) is 4.37. The zero-order valence-corrected chi connectivity index (χ0v) is 8.03. The topological polar surface area (TPSA) is 55.1 Å². The molecule has 1 aromatic rings. The molecule has 0 bridgehead atoms.